The Bertz CT molecular complexity index is 831. The van der Waals surface area contributed by atoms with E-state index in [1.807, 2.05) is 4.72 Å². The number of hydrogen-bond donors (Lipinski definition) is 2. The number of carbonyl (C=O) groups excluding carboxylic acids is 2. The third-order valence-corrected chi connectivity index (χ3v) is 5.69. The van der Waals surface area contributed by atoms with Crippen LogP contribution in [-0.4, -0.2) is 31.8 Å². The molecule has 0 atom stereocenters. The summed E-state index contributed by atoms with van der Waals surface area (Å²) in [7, 11) is -3.99. The van der Waals surface area contributed by atoms with Crippen molar-refractivity contribution in [1.29, 1.82) is 0 Å². The number of carbonyl (C=O) groups is 2. The van der Waals surface area contributed by atoms with Crippen molar-refractivity contribution in [3.8, 4) is 0 Å². The smallest absolute Gasteiger partial charge is 0.273 e. The van der Waals surface area contributed by atoms with E-state index < -0.39 is 15.9 Å². The third-order valence-electron chi connectivity index (χ3n) is 2.64. The van der Waals surface area contributed by atoms with Crippen LogP contribution in [0.1, 0.15) is 27.8 Å². The molecule has 0 bridgehead atoms. The molecule has 0 saturated heterocycles. The van der Waals surface area contributed by atoms with Crippen LogP contribution in [0.15, 0.2) is 34.7 Å². The van der Waals surface area contributed by atoms with Crippen molar-refractivity contribution in [2.75, 3.05) is 6.54 Å². The van der Waals surface area contributed by atoms with E-state index in [2.05, 4.69) is 10.3 Å². The number of pyridine rings is 1. The maximum absolute atomic E-state index is 12.0. The molecule has 0 aromatic carbocycles. The maximum atomic E-state index is 12.0. The van der Waals surface area contributed by atoms with E-state index in [0.717, 1.165) is 17.5 Å². The quantitative estimate of drug-likeness (QED) is 0.829. The molecule has 2 rings (SSSR count). The molecular formula is C13H12ClN3O4S2. The standard InChI is InChI=1S/C13H12ClN3O4S2/c1-2-15-13(19)9-4-3-8(7-16-9)12(18)17-23(20,21)11-6-5-10(14)22-11/h3-7H,2H2,1H3,(H,15,19)(H,17,18). The fourth-order valence-corrected chi connectivity index (χ4v) is 4.04. The summed E-state index contributed by atoms with van der Waals surface area (Å²) in [5.74, 6) is -1.22. The average Bonchev–Trinajstić information content (AvgIpc) is 2.95. The Balaban J connectivity index is 2.13. The summed E-state index contributed by atoms with van der Waals surface area (Å²) in [6, 6.07) is 5.39. The van der Waals surface area contributed by atoms with Crippen LogP contribution in [0.4, 0.5) is 0 Å². The van der Waals surface area contributed by atoms with Gasteiger partial charge in [-0.05, 0) is 31.2 Å². The SMILES string of the molecule is CCNC(=O)c1ccc(C(=O)NS(=O)(=O)c2ccc(Cl)s2)cn1. The fourth-order valence-electron chi connectivity index (χ4n) is 1.59. The van der Waals surface area contributed by atoms with Gasteiger partial charge in [0.15, 0.2) is 0 Å². The number of halogens is 1. The molecule has 2 heterocycles. The Morgan fingerprint density at radius 1 is 1.22 bits per heavy atom. The number of rotatable bonds is 5. The van der Waals surface area contributed by atoms with E-state index in [1.165, 1.54) is 24.3 Å². The Labute approximate surface area is 141 Å². The number of thiophene rings is 1. The highest BCUT2D eigenvalue weighted by Crippen LogP contribution is 2.25. The summed E-state index contributed by atoms with van der Waals surface area (Å²) >= 11 is 6.52. The second kappa shape index (κ2) is 7.07. The van der Waals surface area contributed by atoms with Crippen LogP contribution in [-0.2, 0) is 10.0 Å². The lowest BCUT2D eigenvalue weighted by molar-refractivity contribution is 0.0945. The normalized spacial score (nSPS) is 11.0. The van der Waals surface area contributed by atoms with Crippen molar-refractivity contribution >= 4 is 44.8 Å². The summed E-state index contributed by atoms with van der Waals surface area (Å²) < 4.78 is 26.2. The van der Waals surface area contributed by atoms with Crippen LogP contribution in [0.2, 0.25) is 4.34 Å². The molecule has 23 heavy (non-hydrogen) atoms. The van der Waals surface area contributed by atoms with E-state index in [0.29, 0.717) is 10.9 Å². The lowest BCUT2D eigenvalue weighted by Gasteiger charge is -2.06. The van der Waals surface area contributed by atoms with Gasteiger partial charge in [0, 0.05) is 12.7 Å². The van der Waals surface area contributed by atoms with Crippen molar-refractivity contribution in [1.82, 2.24) is 15.0 Å². The van der Waals surface area contributed by atoms with Gasteiger partial charge in [-0.25, -0.2) is 13.1 Å². The first-order valence-corrected chi connectivity index (χ1v) is 9.08. The van der Waals surface area contributed by atoms with Gasteiger partial charge in [-0.1, -0.05) is 11.6 Å². The van der Waals surface area contributed by atoms with Crippen molar-refractivity contribution in [3.63, 3.8) is 0 Å². The Morgan fingerprint density at radius 2 is 1.96 bits per heavy atom. The summed E-state index contributed by atoms with van der Waals surface area (Å²) in [5, 5.41) is 2.56. The number of hydrogen-bond acceptors (Lipinski definition) is 6. The minimum Gasteiger partial charge on any atom is -0.351 e. The molecule has 2 aromatic rings. The Morgan fingerprint density at radius 3 is 2.48 bits per heavy atom. The lowest BCUT2D eigenvalue weighted by Crippen LogP contribution is -2.30. The molecule has 0 fully saturated rings. The molecule has 0 unspecified atom stereocenters. The molecule has 0 radical (unpaired) electrons. The Hall–Kier alpha value is -1.97. The van der Waals surface area contributed by atoms with Crippen LogP contribution in [0.5, 0.6) is 0 Å². The predicted molar refractivity (Wildman–Crippen MR) is 86.2 cm³/mol. The van der Waals surface area contributed by atoms with E-state index in [4.69, 9.17) is 11.6 Å². The van der Waals surface area contributed by atoms with E-state index in [9.17, 15) is 18.0 Å². The largest absolute Gasteiger partial charge is 0.351 e. The number of nitrogens with one attached hydrogen (secondary N) is 2. The van der Waals surface area contributed by atoms with Crippen LogP contribution < -0.4 is 10.0 Å². The van der Waals surface area contributed by atoms with Gasteiger partial charge < -0.3 is 5.32 Å². The zero-order valence-electron chi connectivity index (χ0n) is 11.9. The molecule has 122 valence electrons. The second-order valence-electron chi connectivity index (χ2n) is 4.28. The van der Waals surface area contributed by atoms with Crippen LogP contribution in [0, 0.1) is 0 Å². The Kier molecular flexibility index (Phi) is 5.34. The topological polar surface area (TPSA) is 105 Å². The molecule has 2 amide bonds. The highest BCUT2D eigenvalue weighted by molar-refractivity contribution is 7.92. The molecule has 7 nitrogen and oxygen atoms in total. The van der Waals surface area contributed by atoms with Crippen LogP contribution in [0.3, 0.4) is 0 Å². The van der Waals surface area contributed by atoms with E-state index in [1.54, 1.807) is 6.92 Å². The van der Waals surface area contributed by atoms with Gasteiger partial charge in [0.25, 0.3) is 21.8 Å². The van der Waals surface area contributed by atoms with Gasteiger partial charge in [-0.3, -0.25) is 14.6 Å². The monoisotopic (exact) mass is 373 g/mol. The van der Waals surface area contributed by atoms with Crippen molar-refractivity contribution in [2.24, 2.45) is 0 Å². The summed E-state index contributed by atoms with van der Waals surface area (Å²) in [6.07, 6.45) is 1.14. The first-order chi connectivity index (χ1) is 10.8. The van der Waals surface area contributed by atoms with Gasteiger partial charge in [-0.2, -0.15) is 0 Å². The summed E-state index contributed by atoms with van der Waals surface area (Å²) in [5.41, 5.74) is 0.153. The maximum Gasteiger partial charge on any atom is 0.273 e. The highest BCUT2D eigenvalue weighted by Gasteiger charge is 2.21. The molecule has 0 aliphatic heterocycles. The number of aromatic nitrogens is 1. The number of nitrogens with zero attached hydrogens (tertiary/aromatic N) is 1. The molecule has 0 saturated carbocycles. The highest BCUT2D eigenvalue weighted by atomic mass is 35.5. The zero-order chi connectivity index (χ0) is 17.0. The second-order valence-corrected chi connectivity index (χ2v) is 7.91. The van der Waals surface area contributed by atoms with Crippen molar-refractivity contribution < 1.29 is 18.0 Å². The van der Waals surface area contributed by atoms with Gasteiger partial charge in [-0.15, -0.1) is 11.3 Å². The number of amides is 2. The average molecular weight is 374 g/mol. The predicted octanol–water partition coefficient (Wildman–Crippen LogP) is 1.66. The van der Waals surface area contributed by atoms with Gasteiger partial charge in [0.1, 0.15) is 9.90 Å². The van der Waals surface area contributed by atoms with E-state index >= 15 is 0 Å². The van der Waals surface area contributed by atoms with Crippen LogP contribution in [0.25, 0.3) is 0 Å². The molecule has 0 spiro atoms. The van der Waals surface area contributed by atoms with Gasteiger partial charge in [0.05, 0.1) is 9.90 Å². The fraction of sp³-hybridized carbons (Fsp3) is 0.154. The van der Waals surface area contributed by atoms with Gasteiger partial charge in [0.2, 0.25) is 0 Å². The minimum absolute atomic E-state index is 0.0178. The van der Waals surface area contributed by atoms with Crippen LogP contribution >= 0.6 is 22.9 Å². The minimum atomic E-state index is -3.99. The first kappa shape index (κ1) is 17.4. The molecule has 0 aliphatic carbocycles. The molecule has 2 aromatic heterocycles. The summed E-state index contributed by atoms with van der Waals surface area (Å²) in [4.78, 5) is 27.4. The molecule has 2 N–H and O–H groups in total. The van der Waals surface area contributed by atoms with E-state index in [-0.39, 0.29) is 21.4 Å². The zero-order valence-corrected chi connectivity index (χ0v) is 14.3. The summed E-state index contributed by atoms with van der Waals surface area (Å²) in [6.45, 7) is 2.21. The lowest BCUT2D eigenvalue weighted by atomic mass is 10.2. The number of sulfonamides is 1. The van der Waals surface area contributed by atoms with Crippen molar-refractivity contribution in [3.05, 3.63) is 46.1 Å². The molecular weight excluding hydrogens is 362 g/mol. The van der Waals surface area contributed by atoms with Gasteiger partial charge >= 0.3 is 0 Å². The molecule has 10 heteroatoms. The van der Waals surface area contributed by atoms with Crippen molar-refractivity contribution in [2.45, 2.75) is 11.1 Å². The third kappa shape index (κ3) is 4.27. The molecule has 0 aliphatic rings. The first-order valence-electron chi connectivity index (χ1n) is 6.40.